The number of nitrogens with zero attached hydrogens (tertiary/aromatic N) is 1. The van der Waals surface area contributed by atoms with Gasteiger partial charge < -0.3 is 10.4 Å². The molecule has 2 N–H and O–H groups in total. The highest BCUT2D eigenvalue weighted by Gasteiger charge is 2.34. The van der Waals surface area contributed by atoms with E-state index < -0.39 is 5.97 Å². The molecule has 1 saturated carbocycles. The first-order valence-corrected chi connectivity index (χ1v) is 5.82. The second-order valence-corrected chi connectivity index (χ2v) is 4.20. The molecule has 0 spiro atoms. The Bertz CT molecular complexity index is 262. The molecule has 1 aliphatic carbocycles. The average molecular weight is 228 g/mol. The summed E-state index contributed by atoms with van der Waals surface area (Å²) in [4.78, 5) is 23.7. The van der Waals surface area contributed by atoms with Crippen LogP contribution in [0.2, 0.25) is 0 Å². The van der Waals surface area contributed by atoms with Gasteiger partial charge in [0.1, 0.15) is 0 Å². The van der Waals surface area contributed by atoms with Crippen molar-refractivity contribution in [3.05, 3.63) is 0 Å². The summed E-state index contributed by atoms with van der Waals surface area (Å²) >= 11 is 0. The molecule has 0 aromatic rings. The first-order chi connectivity index (χ1) is 7.56. The van der Waals surface area contributed by atoms with Gasteiger partial charge in [0.2, 0.25) is 5.91 Å². The van der Waals surface area contributed by atoms with Crippen LogP contribution in [0.4, 0.5) is 0 Å². The maximum absolute atomic E-state index is 11.1. The number of hydrogen-bond acceptors (Lipinski definition) is 3. The number of carboxylic acid groups (broad SMARTS) is 1. The molecular formula is C11H20N2O3. The van der Waals surface area contributed by atoms with Crippen LogP contribution >= 0.6 is 0 Å². The minimum atomic E-state index is -0.789. The van der Waals surface area contributed by atoms with Crippen molar-refractivity contribution in [3.8, 4) is 0 Å². The van der Waals surface area contributed by atoms with Crippen LogP contribution < -0.4 is 5.32 Å². The van der Waals surface area contributed by atoms with Gasteiger partial charge >= 0.3 is 5.97 Å². The molecule has 16 heavy (non-hydrogen) atoms. The Morgan fingerprint density at radius 1 is 1.38 bits per heavy atom. The van der Waals surface area contributed by atoms with Gasteiger partial charge in [0.05, 0.1) is 6.54 Å². The summed E-state index contributed by atoms with van der Waals surface area (Å²) in [5, 5.41) is 11.6. The third kappa shape index (κ3) is 3.48. The predicted molar refractivity (Wildman–Crippen MR) is 60.1 cm³/mol. The van der Waals surface area contributed by atoms with Gasteiger partial charge in [-0.05, 0) is 19.4 Å². The Hall–Kier alpha value is -1.10. The van der Waals surface area contributed by atoms with Crippen molar-refractivity contribution in [2.24, 2.45) is 0 Å². The van der Waals surface area contributed by atoms with Gasteiger partial charge in [-0.3, -0.25) is 14.5 Å². The summed E-state index contributed by atoms with van der Waals surface area (Å²) < 4.78 is 0. The van der Waals surface area contributed by atoms with Crippen molar-refractivity contribution in [1.82, 2.24) is 10.2 Å². The zero-order valence-electron chi connectivity index (χ0n) is 9.90. The van der Waals surface area contributed by atoms with Gasteiger partial charge in [-0.15, -0.1) is 0 Å². The Morgan fingerprint density at radius 3 is 2.44 bits per heavy atom. The fourth-order valence-electron chi connectivity index (χ4n) is 2.01. The second kappa shape index (κ2) is 5.84. The predicted octanol–water partition coefficient (Wildman–Crippen LogP) is 0.450. The van der Waals surface area contributed by atoms with E-state index in [1.165, 1.54) is 0 Å². The fourth-order valence-corrected chi connectivity index (χ4v) is 2.01. The standard InChI is InChI=1S/C11H20N2O3/c1-3-10(14)12-8-5-9(6-8)13(4-2)7-11(15)16/h8-9H,3-7H2,1-2H3,(H,12,14)(H,15,16). The highest BCUT2D eigenvalue weighted by atomic mass is 16.4. The largest absolute Gasteiger partial charge is 0.480 e. The summed E-state index contributed by atoms with van der Waals surface area (Å²) in [5.41, 5.74) is 0. The van der Waals surface area contributed by atoms with Crippen LogP contribution in [-0.4, -0.2) is 47.1 Å². The second-order valence-electron chi connectivity index (χ2n) is 4.20. The molecule has 92 valence electrons. The van der Waals surface area contributed by atoms with E-state index in [0.717, 1.165) is 19.4 Å². The Morgan fingerprint density at radius 2 is 2.00 bits per heavy atom. The number of carbonyl (C=O) groups is 2. The van der Waals surface area contributed by atoms with Crippen molar-refractivity contribution >= 4 is 11.9 Å². The molecule has 0 atom stereocenters. The monoisotopic (exact) mass is 228 g/mol. The fraction of sp³-hybridized carbons (Fsp3) is 0.818. The molecule has 1 aliphatic rings. The lowest BCUT2D eigenvalue weighted by molar-refractivity contribution is -0.139. The average Bonchev–Trinajstić information content (AvgIpc) is 2.19. The molecule has 0 aromatic carbocycles. The number of nitrogens with one attached hydrogen (secondary N) is 1. The lowest BCUT2D eigenvalue weighted by Crippen LogP contribution is -2.54. The first-order valence-electron chi connectivity index (χ1n) is 5.82. The smallest absolute Gasteiger partial charge is 0.317 e. The van der Waals surface area contributed by atoms with Crippen molar-refractivity contribution in [2.75, 3.05) is 13.1 Å². The molecule has 0 heterocycles. The van der Waals surface area contributed by atoms with E-state index in [9.17, 15) is 9.59 Å². The van der Waals surface area contributed by atoms with E-state index in [1.54, 1.807) is 0 Å². The Labute approximate surface area is 95.8 Å². The van der Waals surface area contributed by atoms with Crippen LogP contribution in [0, 0.1) is 0 Å². The molecule has 1 amide bonds. The van der Waals surface area contributed by atoms with Gasteiger partial charge in [-0.25, -0.2) is 0 Å². The molecule has 5 nitrogen and oxygen atoms in total. The van der Waals surface area contributed by atoms with E-state index >= 15 is 0 Å². The van der Waals surface area contributed by atoms with E-state index in [2.05, 4.69) is 5.32 Å². The molecule has 0 aromatic heterocycles. The molecule has 5 heteroatoms. The summed E-state index contributed by atoms with van der Waals surface area (Å²) in [6, 6.07) is 0.545. The van der Waals surface area contributed by atoms with Crippen molar-refractivity contribution in [2.45, 2.75) is 45.2 Å². The van der Waals surface area contributed by atoms with Gasteiger partial charge in [-0.1, -0.05) is 13.8 Å². The van der Waals surface area contributed by atoms with Crippen molar-refractivity contribution in [1.29, 1.82) is 0 Å². The van der Waals surface area contributed by atoms with Crippen LogP contribution in [0.3, 0.4) is 0 Å². The summed E-state index contributed by atoms with van der Waals surface area (Å²) in [7, 11) is 0. The van der Waals surface area contributed by atoms with Crippen LogP contribution in [0.5, 0.6) is 0 Å². The summed E-state index contributed by atoms with van der Waals surface area (Å²) in [5.74, 6) is -0.715. The third-order valence-electron chi connectivity index (χ3n) is 3.06. The molecule has 0 saturated heterocycles. The molecule has 0 aliphatic heterocycles. The first kappa shape index (κ1) is 13.0. The van der Waals surface area contributed by atoms with Crippen molar-refractivity contribution in [3.63, 3.8) is 0 Å². The van der Waals surface area contributed by atoms with Gasteiger partial charge in [0.15, 0.2) is 0 Å². The third-order valence-corrected chi connectivity index (χ3v) is 3.06. The number of likely N-dealkylation sites (N-methyl/N-ethyl adjacent to an activating group) is 1. The molecule has 1 rings (SSSR count). The van der Waals surface area contributed by atoms with Crippen molar-refractivity contribution < 1.29 is 14.7 Å². The zero-order chi connectivity index (χ0) is 12.1. The number of amides is 1. The lowest BCUT2D eigenvalue weighted by Gasteiger charge is -2.42. The summed E-state index contributed by atoms with van der Waals surface area (Å²) in [6.07, 6.45) is 2.24. The highest BCUT2D eigenvalue weighted by Crippen LogP contribution is 2.25. The maximum atomic E-state index is 11.1. The highest BCUT2D eigenvalue weighted by molar-refractivity contribution is 5.76. The Kier molecular flexibility index (Phi) is 4.73. The number of carbonyl (C=O) groups excluding carboxylic acids is 1. The van der Waals surface area contributed by atoms with Crippen LogP contribution in [0.1, 0.15) is 33.1 Å². The van der Waals surface area contributed by atoms with Crippen LogP contribution in [0.15, 0.2) is 0 Å². The zero-order valence-corrected chi connectivity index (χ0v) is 9.90. The molecular weight excluding hydrogens is 208 g/mol. The summed E-state index contributed by atoms with van der Waals surface area (Å²) in [6.45, 7) is 4.62. The normalized spacial score (nSPS) is 23.9. The number of aliphatic carboxylic acids is 1. The quantitative estimate of drug-likeness (QED) is 0.692. The Balaban J connectivity index is 2.27. The lowest BCUT2D eigenvalue weighted by atomic mass is 9.85. The topological polar surface area (TPSA) is 69.6 Å². The van der Waals surface area contributed by atoms with Gasteiger partial charge in [0, 0.05) is 18.5 Å². The molecule has 0 bridgehead atoms. The molecule has 0 unspecified atom stereocenters. The number of hydrogen-bond donors (Lipinski definition) is 2. The SMILES string of the molecule is CCC(=O)NC1CC(N(CC)CC(=O)O)C1. The minimum absolute atomic E-state index is 0.0738. The minimum Gasteiger partial charge on any atom is -0.480 e. The van der Waals surface area contributed by atoms with E-state index in [-0.39, 0.29) is 18.5 Å². The molecule has 1 fully saturated rings. The van der Waals surface area contributed by atoms with Gasteiger partial charge in [0.25, 0.3) is 0 Å². The van der Waals surface area contributed by atoms with E-state index in [1.807, 2.05) is 18.7 Å². The van der Waals surface area contributed by atoms with Crippen LogP contribution in [-0.2, 0) is 9.59 Å². The van der Waals surface area contributed by atoms with Gasteiger partial charge in [-0.2, -0.15) is 0 Å². The number of carboxylic acids is 1. The van der Waals surface area contributed by atoms with Crippen LogP contribution in [0.25, 0.3) is 0 Å². The van der Waals surface area contributed by atoms with E-state index in [0.29, 0.717) is 12.5 Å². The molecule has 0 radical (unpaired) electrons. The van der Waals surface area contributed by atoms with E-state index in [4.69, 9.17) is 5.11 Å². The maximum Gasteiger partial charge on any atom is 0.317 e. The number of rotatable bonds is 6.